The smallest absolute Gasteiger partial charge is 0.169 e. The van der Waals surface area contributed by atoms with Crippen LogP contribution in [-0.2, 0) is 4.75 Å². The summed E-state index contributed by atoms with van der Waals surface area (Å²) in [5.74, 6) is 0. The van der Waals surface area contributed by atoms with Crippen LogP contribution >= 0.6 is 51.9 Å². The van der Waals surface area contributed by atoms with E-state index in [0.717, 1.165) is 26.7 Å². The van der Waals surface area contributed by atoms with Crippen molar-refractivity contribution < 1.29 is 13.2 Å². The van der Waals surface area contributed by atoms with Gasteiger partial charge in [0.1, 0.15) is 4.75 Å². The first-order valence-corrected chi connectivity index (χ1v) is 9.82. The summed E-state index contributed by atoms with van der Waals surface area (Å²) in [7, 11) is 0. The van der Waals surface area contributed by atoms with Gasteiger partial charge in [0.2, 0.25) is 0 Å². The second kappa shape index (κ2) is 6.87. The Kier molecular flexibility index (Phi) is 5.28. The van der Waals surface area contributed by atoms with E-state index in [1.54, 1.807) is 42.7 Å². The summed E-state index contributed by atoms with van der Waals surface area (Å²) in [5, 5.41) is 1.92. The van der Waals surface area contributed by atoms with Crippen LogP contribution in [0, 0.1) is 6.92 Å². The van der Waals surface area contributed by atoms with Crippen molar-refractivity contribution in [3.8, 4) is 0 Å². The highest BCUT2D eigenvalue weighted by Gasteiger charge is 2.58. The van der Waals surface area contributed by atoms with Crippen molar-refractivity contribution in [3.05, 3.63) is 68.0 Å². The Balaban J connectivity index is 2.04. The Morgan fingerprint density at radius 1 is 1.20 bits per heavy atom. The molecule has 0 spiro atoms. The topological polar surface area (TPSA) is 0 Å². The Morgan fingerprint density at radius 2 is 1.92 bits per heavy atom. The van der Waals surface area contributed by atoms with Crippen molar-refractivity contribution in [1.29, 1.82) is 0 Å². The largest absolute Gasteiger partial charge is 0.407 e. The molecule has 3 rings (SSSR count). The Hall–Kier alpha value is -0.560. The maximum Gasteiger partial charge on any atom is 0.407 e. The molecule has 0 N–H and O–H groups in total. The van der Waals surface area contributed by atoms with E-state index in [2.05, 4.69) is 28.6 Å². The van der Waals surface area contributed by atoms with Crippen molar-refractivity contribution in [2.45, 2.75) is 29.2 Å². The van der Waals surface area contributed by atoms with Crippen LogP contribution in [-0.4, -0.2) is 6.18 Å². The quantitative estimate of drug-likeness (QED) is 0.445. The van der Waals surface area contributed by atoms with Crippen molar-refractivity contribution in [1.82, 2.24) is 0 Å². The molecule has 1 aliphatic heterocycles. The summed E-state index contributed by atoms with van der Waals surface area (Å²) in [6, 6.07) is 9.99. The van der Waals surface area contributed by atoms with Crippen molar-refractivity contribution >= 4 is 57.5 Å². The van der Waals surface area contributed by atoms with Gasteiger partial charge in [0, 0.05) is 20.8 Å². The lowest BCUT2D eigenvalue weighted by atomic mass is 9.88. The first-order chi connectivity index (χ1) is 11.6. The van der Waals surface area contributed by atoms with Crippen LogP contribution in [0.5, 0.6) is 0 Å². The summed E-state index contributed by atoms with van der Waals surface area (Å²) >= 11 is 14.5. The molecule has 0 saturated heterocycles. The average molecular weight is 466 g/mol. The molecule has 0 nitrogen and oxygen atoms in total. The van der Waals surface area contributed by atoms with E-state index in [-0.39, 0.29) is 12.0 Å². The third-order valence-electron chi connectivity index (χ3n) is 4.13. The fraction of sp³-hybridized carbons (Fsp3) is 0.222. The van der Waals surface area contributed by atoms with Crippen LogP contribution in [0.4, 0.5) is 13.2 Å². The van der Waals surface area contributed by atoms with Gasteiger partial charge in [0.25, 0.3) is 0 Å². The van der Waals surface area contributed by atoms with Crippen LogP contribution < -0.4 is 0 Å². The second-order valence-electron chi connectivity index (χ2n) is 5.95. The van der Waals surface area contributed by atoms with Crippen LogP contribution in [0.15, 0.2) is 51.2 Å². The fourth-order valence-electron chi connectivity index (χ4n) is 2.87. The minimum Gasteiger partial charge on any atom is -0.169 e. The van der Waals surface area contributed by atoms with Gasteiger partial charge in [-0.1, -0.05) is 23.7 Å². The number of rotatable bonds is 2. The molecule has 0 radical (unpaired) electrons. The molecular weight excluding hydrogens is 453 g/mol. The molecule has 1 heterocycles. The Labute approximate surface area is 167 Å². The zero-order valence-electron chi connectivity index (χ0n) is 13.0. The molecule has 25 heavy (non-hydrogen) atoms. The maximum atomic E-state index is 14.1. The molecule has 0 aromatic heterocycles. The number of alkyl halides is 3. The number of aryl methyl sites for hydroxylation is 1. The molecule has 0 aliphatic carbocycles. The molecule has 0 bridgehead atoms. The van der Waals surface area contributed by atoms with E-state index >= 15 is 0 Å². The lowest BCUT2D eigenvalue weighted by Crippen LogP contribution is -2.37. The molecule has 1 aliphatic rings. The monoisotopic (exact) mass is 464 g/mol. The minimum absolute atomic E-state index is 0.140. The lowest BCUT2D eigenvalue weighted by Gasteiger charge is -2.32. The van der Waals surface area contributed by atoms with Gasteiger partial charge in [-0.15, -0.1) is 24.4 Å². The highest BCUT2D eigenvalue weighted by atomic mass is 79.9. The summed E-state index contributed by atoms with van der Waals surface area (Å²) in [6.07, 6.45) is -4.55. The molecule has 2 aromatic rings. The van der Waals surface area contributed by atoms with E-state index in [1.807, 2.05) is 0 Å². The lowest BCUT2D eigenvalue weighted by molar-refractivity contribution is -0.160. The predicted octanol–water partition coefficient (Wildman–Crippen LogP) is 7.64. The van der Waals surface area contributed by atoms with E-state index in [1.165, 1.54) is 6.07 Å². The zero-order valence-corrected chi connectivity index (χ0v) is 17.0. The number of hydrogen-bond acceptors (Lipinski definition) is 2. The van der Waals surface area contributed by atoms with Gasteiger partial charge >= 0.3 is 6.18 Å². The maximum absolute atomic E-state index is 14.1. The number of thiol groups is 1. The molecule has 0 saturated carbocycles. The Bertz CT molecular complexity index is 844. The van der Waals surface area contributed by atoms with Crippen molar-refractivity contribution in [2.75, 3.05) is 0 Å². The summed E-state index contributed by atoms with van der Waals surface area (Å²) in [5.41, 5.74) is 2.30. The number of halogens is 5. The van der Waals surface area contributed by atoms with E-state index in [9.17, 15) is 13.2 Å². The summed E-state index contributed by atoms with van der Waals surface area (Å²) in [6.45, 7) is 1.75. The highest BCUT2D eigenvalue weighted by molar-refractivity contribution is 9.10. The predicted molar refractivity (Wildman–Crippen MR) is 106 cm³/mol. The molecule has 0 fully saturated rings. The Morgan fingerprint density at radius 3 is 2.52 bits per heavy atom. The molecule has 1 unspecified atom stereocenters. The highest BCUT2D eigenvalue weighted by Crippen LogP contribution is 2.60. The van der Waals surface area contributed by atoms with Gasteiger partial charge in [0.15, 0.2) is 0 Å². The van der Waals surface area contributed by atoms with Crippen LogP contribution in [0.2, 0.25) is 5.02 Å². The van der Waals surface area contributed by atoms with Gasteiger partial charge in [-0.05, 0) is 74.8 Å². The molecular formula is C18H13BrClF3S2. The summed E-state index contributed by atoms with van der Waals surface area (Å²) < 4.78 is 41.0. The van der Waals surface area contributed by atoms with Crippen LogP contribution in [0.3, 0.4) is 0 Å². The normalized spacial score (nSPS) is 20.7. The fourth-order valence-corrected chi connectivity index (χ4v) is 4.87. The minimum atomic E-state index is -4.41. The van der Waals surface area contributed by atoms with E-state index in [4.69, 9.17) is 11.6 Å². The molecule has 0 amide bonds. The zero-order chi connectivity index (χ0) is 18.4. The molecule has 132 valence electrons. The van der Waals surface area contributed by atoms with E-state index in [0.29, 0.717) is 16.2 Å². The SMILES string of the molecule is Cc1cc(Cl)cc(C2(C(F)(F)F)CC(c3ccc(S)c(Br)c3)=CS2)c1. The first kappa shape index (κ1) is 19.2. The third-order valence-corrected chi connectivity index (χ3v) is 7.11. The molecule has 7 heteroatoms. The number of hydrogen-bond donors (Lipinski definition) is 1. The standard InChI is InChI=1S/C18H13BrClF3S2/c1-10-4-13(7-14(20)5-10)17(18(21,22)23)8-12(9-25-17)11-2-3-16(24)15(19)6-11/h2-7,9,24H,8H2,1H3. The van der Waals surface area contributed by atoms with Crippen molar-refractivity contribution in [3.63, 3.8) is 0 Å². The van der Waals surface area contributed by atoms with Gasteiger partial charge in [0.05, 0.1) is 0 Å². The number of allylic oxidation sites excluding steroid dienone is 1. The second-order valence-corrected chi connectivity index (χ2v) is 8.89. The number of benzene rings is 2. The van der Waals surface area contributed by atoms with E-state index < -0.39 is 10.9 Å². The van der Waals surface area contributed by atoms with Gasteiger partial charge in [-0.3, -0.25) is 0 Å². The number of thioether (sulfide) groups is 1. The molecule has 2 aromatic carbocycles. The summed E-state index contributed by atoms with van der Waals surface area (Å²) in [4.78, 5) is 0.738. The van der Waals surface area contributed by atoms with Gasteiger partial charge in [-0.25, -0.2) is 0 Å². The average Bonchev–Trinajstić information content (AvgIpc) is 2.95. The van der Waals surface area contributed by atoms with Gasteiger partial charge in [-0.2, -0.15) is 13.2 Å². The molecule has 1 atom stereocenters. The van der Waals surface area contributed by atoms with Crippen molar-refractivity contribution in [2.24, 2.45) is 0 Å². The third kappa shape index (κ3) is 3.64. The van der Waals surface area contributed by atoms with Crippen LogP contribution in [0.25, 0.3) is 5.57 Å². The first-order valence-electron chi connectivity index (χ1n) is 7.32. The van der Waals surface area contributed by atoms with Crippen LogP contribution in [0.1, 0.15) is 23.1 Å². The van der Waals surface area contributed by atoms with Gasteiger partial charge < -0.3 is 0 Å².